The number of anilines is 1. The molecule has 2 aromatic rings. The van der Waals surface area contributed by atoms with Gasteiger partial charge in [0.1, 0.15) is 17.2 Å². The molecule has 8 nitrogen and oxygen atoms in total. The topological polar surface area (TPSA) is 108 Å². The second-order valence-electron chi connectivity index (χ2n) is 4.91. The average molecular weight is 344 g/mol. The van der Waals surface area contributed by atoms with Crippen LogP contribution in [0.25, 0.3) is 0 Å². The molecule has 0 aliphatic rings. The fourth-order valence-electron chi connectivity index (χ4n) is 2.11. The summed E-state index contributed by atoms with van der Waals surface area (Å²) in [6.45, 7) is 3.33. The Balaban J connectivity index is 2.32. The molecule has 130 valence electrons. The van der Waals surface area contributed by atoms with Crippen LogP contribution >= 0.6 is 0 Å². The molecule has 2 aromatic carbocycles. The minimum absolute atomic E-state index is 0.0103. The molecule has 0 saturated carbocycles. The van der Waals surface area contributed by atoms with Crippen LogP contribution in [-0.2, 0) is 4.79 Å². The first-order valence-corrected chi connectivity index (χ1v) is 7.42. The van der Waals surface area contributed by atoms with Gasteiger partial charge in [0.25, 0.3) is 11.6 Å². The second kappa shape index (κ2) is 7.91. The van der Waals surface area contributed by atoms with Crippen LogP contribution in [0.1, 0.15) is 24.2 Å². The number of nitrogens with one attached hydrogen (secondary N) is 1. The molecule has 1 amide bonds. The third-order valence-electron chi connectivity index (χ3n) is 3.11. The lowest BCUT2D eigenvalue weighted by Crippen LogP contribution is -2.15. The summed E-state index contributed by atoms with van der Waals surface area (Å²) in [5, 5.41) is 13.7. The summed E-state index contributed by atoms with van der Waals surface area (Å²) in [5.41, 5.74) is -0.207. The Bertz CT molecular complexity index is 819. The fourth-order valence-corrected chi connectivity index (χ4v) is 2.11. The van der Waals surface area contributed by atoms with Crippen molar-refractivity contribution in [3.8, 4) is 11.5 Å². The standard InChI is InChI=1S/C17H16N2O6/c1-3-24-12-8-9-14(15(10-12)19(22)23)18-17(21)13-6-4-5-7-16(13)25-11(2)20/h4-10H,3H2,1-2H3,(H,18,21). The number of carbonyl (C=O) groups is 2. The summed E-state index contributed by atoms with van der Waals surface area (Å²) in [4.78, 5) is 34.2. The number of ether oxygens (including phenoxy) is 2. The van der Waals surface area contributed by atoms with Crippen LogP contribution in [0.5, 0.6) is 11.5 Å². The Morgan fingerprint density at radius 2 is 1.92 bits per heavy atom. The van der Waals surface area contributed by atoms with E-state index in [1.54, 1.807) is 19.1 Å². The summed E-state index contributed by atoms with van der Waals surface area (Å²) < 4.78 is 10.2. The first-order valence-electron chi connectivity index (χ1n) is 7.42. The molecule has 0 bridgehead atoms. The fraction of sp³-hybridized carbons (Fsp3) is 0.176. The zero-order chi connectivity index (χ0) is 18.4. The number of nitro groups is 1. The molecule has 0 saturated heterocycles. The minimum Gasteiger partial charge on any atom is -0.494 e. The highest BCUT2D eigenvalue weighted by atomic mass is 16.6. The molecule has 0 fully saturated rings. The van der Waals surface area contributed by atoms with Crippen molar-refractivity contribution in [2.24, 2.45) is 0 Å². The zero-order valence-corrected chi connectivity index (χ0v) is 13.6. The quantitative estimate of drug-likeness (QED) is 0.373. The lowest BCUT2D eigenvalue weighted by atomic mass is 10.1. The van der Waals surface area contributed by atoms with Crippen LogP contribution in [0.4, 0.5) is 11.4 Å². The predicted octanol–water partition coefficient (Wildman–Crippen LogP) is 3.17. The molecule has 1 N–H and O–H groups in total. The van der Waals surface area contributed by atoms with E-state index in [4.69, 9.17) is 9.47 Å². The molecule has 2 rings (SSSR count). The SMILES string of the molecule is CCOc1ccc(NC(=O)c2ccccc2OC(C)=O)c([N+](=O)[O-])c1. The van der Waals surface area contributed by atoms with E-state index in [9.17, 15) is 19.7 Å². The summed E-state index contributed by atoms with van der Waals surface area (Å²) >= 11 is 0. The van der Waals surface area contributed by atoms with E-state index >= 15 is 0 Å². The Morgan fingerprint density at radius 3 is 2.56 bits per heavy atom. The number of nitro benzene ring substituents is 1. The maximum atomic E-state index is 12.4. The summed E-state index contributed by atoms with van der Waals surface area (Å²) in [6, 6.07) is 10.2. The van der Waals surface area contributed by atoms with Crippen LogP contribution in [-0.4, -0.2) is 23.4 Å². The van der Waals surface area contributed by atoms with E-state index in [-0.39, 0.29) is 22.7 Å². The van der Waals surface area contributed by atoms with Crippen LogP contribution in [0.2, 0.25) is 0 Å². The van der Waals surface area contributed by atoms with Crippen molar-refractivity contribution in [1.29, 1.82) is 0 Å². The number of hydrogen-bond donors (Lipinski definition) is 1. The van der Waals surface area contributed by atoms with Gasteiger partial charge >= 0.3 is 5.97 Å². The van der Waals surface area contributed by atoms with Crippen molar-refractivity contribution in [2.75, 3.05) is 11.9 Å². The predicted molar refractivity (Wildman–Crippen MR) is 90.0 cm³/mol. The molecule has 0 atom stereocenters. The maximum Gasteiger partial charge on any atom is 0.308 e. The molecule has 0 radical (unpaired) electrons. The molecule has 0 aliphatic heterocycles. The van der Waals surface area contributed by atoms with Crippen molar-refractivity contribution in [3.63, 3.8) is 0 Å². The van der Waals surface area contributed by atoms with Crippen LogP contribution in [0.3, 0.4) is 0 Å². The first-order chi connectivity index (χ1) is 11.9. The molecule has 8 heteroatoms. The van der Waals surface area contributed by atoms with E-state index in [0.717, 1.165) is 0 Å². The number of hydrogen-bond acceptors (Lipinski definition) is 6. The van der Waals surface area contributed by atoms with Crippen molar-refractivity contribution in [1.82, 2.24) is 0 Å². The smallest absolute Gasteiger partial charge is 0.308 e. The van der Waals surface area contributed by atoms with Crippen LogP contribution in [0, 0.1) is 10.1 Å². The third kappa shape index (κ3) is 4.54. The van der Waals surface area contributed by atoms with Gasteiger partial charge in [-0.05, 0) is 31.2 Å². The van der Waals surface area contributed by atoms with E-state index < -0.39 is 16.8 Å². The van der Waals surface area contributed by atoms with Crippen LogP contribution in [0.15, 0.2) is 42.5 Å². The number of nitrogens with zero attached hydrogens (tertiary/aromatic N) is 1. The van der Waals surface area contributed by atoms with Gasteiger partial charge in [-0.25, -0.2) is 0 Å². The number of esters is 1. The summed E-state index contributed by atoms with van der Waals surface area (Å²) in [6.07, 6.45) is 0. The number of rotatable bonds is 6. The molecule has 0 unspecified atom stereocenters. The van der Waals surface area contributed by atoms with Gasteiger partial charge in [0.15, 0.2) is 0 Å². The van der Waals surface area contributed by atoms with Gasteiger partial charge in [-0.3, -0.25) is 19.7 Å². The molecule has 0 spiro atoms. The third-order valence-corrected chi connectivity index (χ3v) is 3.11. The number of para-hydroxylation sites is 1. The normalized spacial score (nSPS) is 10.0. The van der Waals surface area contributed by atoms with E-state index in [2.05, 4.69) is 5.32 Å². The highest BCUT2D eigenvalue weighted by molar-refractivity contribution is 6.07. The van der Waals surface area contributed by atoms with Gasteiger partial charge in [-0.2, -0.15) is 0 Å². The lowest BCUT2D eigenvalue weighted by Gasteiger charge is -2.10. The summed E-state index contributed by atoms with van der Waals surface area (Å²) in [5.74, 6) is -0.815. The Labute approximate surface area is 143 Å². The van der Waals surface area contributed by atoms with Gasteiger partial charge in [0, 0.05) is 6.92 Å². The van der Waals surface area contributed by atoms with Crippen molar-refractivity contribution in [3.05, 3.63) is 58.1 Å². The average Bonchev–Trinajstić information content (AvgIpc) is 2.56. The monoisotopic (exact) mass is 344 g/mol. The van der Waals surface area contributed by atoms with E-state index in [1.807, 2.05) is 0 Å². The van der Waals surface area contributed by atoms with Gasteiger partial charge in [-0.15, -0.1) is 0 Å². The van der Waals surface area contributed by atoms with E-state index in [1.165, 1.54) is 37.3 Å². The Morgan fingerprint density at radius 1 is 1.20 bits per heavy atom. The maximum absolute atomic E-state index is 12.4. The second-order valence-corrected chi connectivity index (χ2v) is 4.91. The summed E-state index contributed by atoms with van der Waals surface area (Å²) in [7, 11) is 0. The molecular formula is C17H16N2O6. The molecule has 0 heterocycles. The van der Waals surface area contributed by atoms with Crippen molar-refractivity contribution in [2.45, 2.75) is 13.8 Å². The Kier molecular flexibility index (Phi) is 5.67. The highest BCUT2D eigenvalue weighted by Crippen LogP contribution is 2.30. The van der Waals surface area contributed by atoms with Gasteiger partial charge in [0.05, 0.1) is 23.2 Å². The Hall–Kier alpha value is -3.42. The molecule has 0 aromatic heterocycles. The number of benzene rings is 2. The molecule has 0 aliphatic carbocycles. The first kappa shape index (κ1) is 17.9. The lowest BCUT2D eigenvalue weighted by molar-refractivity contribution is -0.384. The van der Waals surface area contributed by atoms with Gasteiger partial charge in [0.2, 0.25) is 0 Å². The molecular weight excluding hydrogens is 328 g/mol. The largest absolute Gasteiger partial charge is 0.494 e. The highest BCUT2D eigenvalue weighted by Gasteiger charge is 2.20. The van der Waals surface area contributed by atoms with E-state index in [0.29, 0.717) is 12.4 Å². The van der Waals surface area contributed by atoms with Crippen molar-refractivity contribution >= 4 is 23.3 Å². The van der Waals surface area contributed by atoms with Gasteiger partial charge < -0.3 is 14.8 Å². The van der Waals surface area contributed by atoms with Crippen molar-refractivity contribution < 1.29 is 24.0 Å². The number of amides is 1. The number of carbonyl (C=O) groups excluding carboxylic acids is 2. The van der Waals surface area contributed by atoms with Crippen LogP contribution < -0.4 is 14.8 Å². The molecule has 25 heavy (non-hydrogen) atoms. The minimum atomic E-state index is -0.635. The van der Waals surface area contributed by atoms with Gasteiger partial charge in [-0.1, -0.05) is 12.1 Å². The zero-order valence-electron chi connectivity index (χ0n) is 13.6.